The lowest BCUT2D eigenvalue weighted by Gasteiger charge is -2.27. The number of imidazole rings is 1. The second-order valence-electron chi connectivity index (χ2n) is 7.86. The normalized spacial score (nSPS) is 17.8. The smallest absolute Gasteiger partial charge is 0.263 e. The van der Waals surface area contributed by atoms with E-state index in [0.29, 0.717) is 18.4 Å². The number of hydrogen-bond donors (Lipinski definition) is 0. The van der Waals surface area contributed by atoms with E-state index < -0.39 is 17.9 Å². The maximum Gasteiger partial charge on any atom is 0.263 e. The van der Waals surface area contributed by atoms with Crippen molar-refractivity contribution in [1.29, 1.82) is 0 Å². The number of carbonyl (C=O) groups is 4. The van der Waals surface area contributed by atoms with E-state index in [-0.39, 0.29) is 42.0 Å². The Bertz CT molecular complexity index is 1250. The lowest BCUT2D eigenvalue weighted by molar-refractivity contribution is -0.132. The fourth-order valence-corrected chi connectivity index (χ4v) is 4.13. The molecule has 1 saturated carbocycles. The lowest BCUT2D eigenvalue weighted by Crippen LogP contribution is -2.47. The first-order chi connectivity index (χ1) is 15.4. The van der Waals surface area contributed by atoms with E-state index in [1.54, 1.807) is 24.4 Å². The van der Waals surface area contributed by atoms with Gasteiger partial charge in [-0.05, 0) is 25.0 Å². The lowest BCUT2D eigenvalue weighted by atomic mass is 9.92. The first kappa shape index (κ1) is 21.3. The Kier molecular flexibility index (Phi) is 5.75. The Hall–Kier alpha value is -3.97. The third-order valence-corrected chi connectivity index (χ3v) is 5.86. The number of ketones is 2. The van der Waals surface area contributed by atoms with Crippen LogP contribution in [0.2, 0.25) is 0 Å². The van der Waals surface area contributed by atoms with Crippen LogP contribution in [-0.4, -0.2) is 43.9 Å². The van der Waals surface area contributed by atoms with Crippen LogP contribution < -0.4 is 0 Å². The number of aromatic nitrogens is 2. The molecule has 2 amide bonds. The molecule has 0 radical (unpaired) electrons. The summed E-state index contributed by atoms with van der Waals surface area (Å²) in [4.78, 5) is 55.1. The predicted octanol–water partition coefficient (Wildman–Crippen LogP) is 2.06. The van der Waals surface area contributed by atoms with Crippen molar-refractivity contribution >= 4 is 23.4 Å². The van der Waals surface area contributed by atoms with Crippen LogP contribution in [0.5, 0.6) is 0 Å². The van der Waals surface area contributed by atoms with E-state index in [1.165, 1.54) is 0 Å². The van der Waals surface area contributed by atoms with Gasteiger partial charge < -0.3 is 4.57 Å². The summed E-state index contributed by atoms with van der Waals surface area (Å²) in [5, 5.41) is 0. The molecule has 2 heterocycles. The Morgan fingerprint density at radius 1 is 1.19 bits per heavy atom. The van der Waals surface area contributed by atoms with Gasteiger partial charge in [0.2, 0.25) is 0 Å². The van der Waals surface area contributed by atoms with Gasteiger partial charge in [0, 0.05) is 31.9 Å². The molecule has 0 N–H and O–H groups in total. The maximum atomic E-state index is 13.1. The zero-order valence-electron chi connectivity index (χ0n) is 17.7. The minimum Gasteiger partial charge on any atom is -0.325 e. The number of nitrogens with zero attached hydrogens (tertiary/aromatic N) is 3. The highest BCUT2D eigenvalue weighted by molar-refractivity contribution is 6.24. The highest BCUT2D eigenvalue weighted by Gasteiger charge is 2.45. The van der Waals surface area contributed by atoms with E-state index >= 15 is 0 Å². The molecule has 2 aliphatic rings. The van der Waals surface area contributed by atoms with Crippen molar-refractivity contribution in [2.45, 2.75) is 44.6 Å². The molecule has 2 aromatic rings. The summed E-state index contributed by atoms with van der Waals surface area (Å²) in [5.74, 6) is 7.97. The van der Waals surface area contributed by atoms with Crippen LogP contribution in [0.3, 0.4) is 0 Å². The standard InChI is InChI=1S/C25H21N3O4/c1-3-17-15-26-22(27(17)2)11-6-4-5-8-16-9-7-10-19-23(16)25(32)28(24(19)31)20-13-12-18(29)14-21(20)30/h1,7,9-10,15,20H,4,6,11-14H2,2H3. The van der Waals surface area contributed by atoms with E-state index in [0.717, 1.165) is 22.8 Å². The van der Waals surface area contributed by atoms with Gasteiger partial charge in [-0.1, -0.05) is 23.8 Å². The molecule has 32 heavy (non-hydrogen) atoms. The number of terminal acetylenes is 1. The molecule has 1 aromatic carbocycles. The van der Waals surface area contributed by atoms with Crippen LogP contribution in [0.25, 0.3) is 0 Å². The molecular weight excluding hydrogens is 406 g/mol. The van der Waals surface area contributed by atoms with Gasteiger partial charge in [0.15, 0.2) is 5.78 Å². The SMILES string of the molecule is C#Cc1cnc(CCCC#Cc2cccc3c2C(=O)N(C2CCC(=O)CC2=O)C3=O)n1C. The van der Waals surface area contributed by atoms with Crippen LogP contribution >= 0.6 is 0 Å². The molecule has 0 spiro atoms. The minimum absolute atomic E-state index is 0.157. The number of fused-ring (bicyclic) bond motifs is 1. The van der Waals surface area contributed by atoms with Gasteiger partial charge in [-0.2, -0.15) is 0 Å². The highest BCUT2D eigenvalue weighted by Crippen LogP contribution is 2.30. The summed E-state index contributed by atoms with van der Waals surface area (Å²) < 4.78 is 1.87. The van der Waals surface area contributed by atoms with E-state index in [2.05, 4.69) is 22.7 Å². The topological polar surface area (TPSA) is 89.3 Å². The van der Waals surface area contributed by atoms with Crippen LogP contribution in [0.1, 0.15) is 69.9 Å². The number of unbranched alkanes of at least 4 members (excludes halogenated alkanes) is 1. The third-order valence-electron chi connectivity index (χ3n) is 5.86. The number of Topliss-reactive ketones (excluding diaryl/α,β-unsaturated/α-hetero) is 2. The second-order valence-corrected chi connectivity index (χ2v) is 7.86. The molecule has 160 valence electrons. The average molecular weight is 427 g/mol. The number of imide groups is 1. The first-order valence-corrected chi connectivity index (χ1v) is 10.4. The summed E-state index contributed by atoms with van der Waals surface area (Å²) in [7, 11) is 1.87. The van der Waals surface area contributed by atoms with Gasteiger partial charge in [-0.15, -0.1) is 6.42 Å². The van der Waals surface area contributed by atoms with Crippen LogP contribution in [0, 0.1) is 24.2 Å². The van der Waals surface area contributed by atoms with Crippen molar-refractivity contribution in [1.82, 2.24) is 14.5 Å². The molecule has 0 bridgehead atoms. The van der Waals surface area contributed by atoms with E-state index in [9.17, 15) is 19.2 Å². The third kappa shape index (κ3) is 3.74. The molecule has 0 saturated heterocycles. The zero-order chi connectivity index (χ0) is 22.8. The molecule has 1 fully saturated rings. The molecule has 1 aromatic heterocycles. The quantitative estimate of drug-likeness (QED) is 0.323. The van der Waals surface area contributed by atoms with Crippen molar-refractivity contribution in [3.8, 4) is 24.2 Å². The van der Waals surface area contributed by atoms with Crippen molar-refractivity contribution in [2.24, 2.45) is 7.05 Å². The molecule has 7 nitrogen and oxygen atoms in total. The Balaban J connectivity index is 1.48. The van der Waals surface area contributed by atoms with Crippen LogP contribution in [-0.2, 0) is 23.1 Å². The van der Waals surface area contributed by atoms with Crippen LogP contribution in [0.4, 0.5) is 0 Å². The fourth-order valence-electron chi connectivity index (χ4n) is 4.13. The van der Waals surface area contributed by atoms with E-state index in [1.807, 2.05) is 11.6 Å². The fraction of sp³-hybridized carbons (Fsp3) is 0.320. The van der Waals surface area contributed by atoms with Gasteiger partial charge in [0.25, 0.3) is 11.8 Å². The van der Waals surface area contributed by atoms with Crippen molar-refractivity contribution in [3.05, 3.63) is 52.6 Å². The monoisotopic (exact) mass is 427 g/mol. The number of rotatable bonds is 4. The van der Waals surface area contributed by atoms with Gasteiger partial charge in [-0.25, -0.2) is 4.98 Å². The number of carbonyl (C=O) groups excluding carboxylic acids is 4. The average Bonchev–Trinajstić information content (AvgIpc) is 3.25. The van der Waals surface area contributed by atoms with Gasteiger partial charge in [-0.3, -0.25) is 24.1 Å². The summed E-state index contributed by atoms with van der Waals surface area (Å²) in [6, 6.07) is 4.07. The number of hydrogen-bond acceptors (Lipinski definition) is 5. The molecule has 1 atom stereocenters. The molecule has 7 heteroatoms. The van der Waals surface area contributed by atoms with Gasteiger partial charge >= 0.3 is 0 Å². The number of amides is 2. The summed E-state index contributed by atoms with van der Waals surface area (Å²) in [6.07, 6.45) is 9.28. The molecule has 1 aliphatic carbocycles. The summed E-state index contributed by atoms with van der Waals surface area (Å²) >= 11 is 0. The summed E-state index contributed by atoms with van der Waals surface area (Å²) in [6.45, 7) is 0. The van der Waals surface area contributed by atoms with E-state index in [4.69, 9.17) is 6.42 Å². The Labute approximate surface area is 185 Å². The molecular formula is C25H21N3O4. The van der Waals surface area contributed by atoms with Crippen LogP contribution in [0.15, 0.2) is 24.4 Å². The molecule has 4 rings (SSSR count). The predicted molar refractivity (Wildman–Crippen MR) is 116 cm³/mol. The summed E-state index contributed by atoms with van der Waals surface area (Å²) in [5.41, 5.74) is 1.67. The highest BCUT2D eigenvalue weighted by atomic mass is 16.2. The van der Waals surface area contributed by atoms with Crippen molar-refractivity contribution < 1.29 is 19.2 Å². The Morgan fingerprint density at radius 2 is 2.00 bits per heavy atom. The number of aryl methyl sites for hydroxylation is 1. The van der Waals surface area contributed by atoms with Crippen molar-refractivity contribution in [3.63, 3.8) is 0 Å². The van der Waals surface area contributed by atoms with Gasteiger partial charge in [0.05, 0.1) is 29.8 Å². The first-order valence-electron chi connectivity index (χ1n) is 10.4. The zero-order valence-corrected chi connectivity index (χ0v) is 17.7. The van der Waals surface area contributed by atoms with Crippen molar-refractivity contribution in [2.75, 3.05) is 0 Å². The molecule has 1 unspecified atom stereocenters. The Morgan fingerprint density at radius 3 is 2.72 bits per heavy atom. The maximum absolute atomic E-state index is 13.1. The number of benzene rings is 1. The largest absolute Gasteiger partial charge is 0.325 e. The minimum atomic E-state index is -0.883. The second kappa shape index (κ2) is 8.64. The molecule has 1 aliphatic heterocycles. The van der Waals surface area contributed by atoms with Gasteiger partial charge in [0.1, 0.15) is 17.3 Å².